The Morgan fingerprint density at radius 1 is 1.26 bits per heavy atom. The first-order valence-electron chi connectivity index (χ1n) is 7.37. The zero-order valence-corrected chi connectivity index (χ0v) is 14.2. The van der Waals surface area contributed by atoms with Gasteiger partial charge in [0.05, 0.1) is 7.11 Å². The van der Waals surface area contributed by atoms with Gasteiger partial charge in [-0.3, -0.25) is 9.82 Å². The molecule has 8 heteroatoms. The Bertz CT molecular complexity index is 843. The van der Waals surface area contributed by atoms with Crippen molar-refractivity contribution >= 4 is 15.8 Å². The summed E-state index contributed by atoms with van der Waals surface area (Å²) in [7, 11) is -2.32. The number of nitrogens with one attached hydrogen (secondary N) is 3. The number of nitrogens with zero attached hydrogens (tertiary/aromatic N) is 1. The Balaban J connectivity index is 2.00. The SMILES string of the molecule is COc1cc(C)c(C)cc1S(=O)(=O)Nc1n[nH]c2c1CNCC2. The minimum Gasteiger partial charge on any atom is -0.495 e. The van der Waals surface area contributed by atoms with Gasteiger partial charge in [-0.1, -0.05) is 0 Å². The molecule has 0 aliphatic carbocycles. The van der Waals surface area contributed by atoms with E-state index in [-0.39, 0.29) is 4.90 Å². The third-order valence-corrected chi connectivity index (χ3v) is 5.47. The summed E-state index contributed by atoms with van der Waals surface area (Å²) in [6.45, 7) is 5.23. The number of hydrogen-bond acceptors (Lipinski definition) is 5. The molecule has 0 bridgehead atoms. The number of ether oxygens (including phenoxy) is 1. The largest absolute Gasteiger partial charge is 0.495 e. The summed E-state index contributed by atoms with van der Waals surface area (Å²) in [5.41, 5.74) is 3.69. The van der Waals surface area contributed by atoms with Crippen LogP contribution in [-0.2, 0) is 23.0 Å². The van der Waals surface area contributed by atoms with Crippen molar-refractivity contribution in [1.29, 1.82) is 0 Å². The molecular formula is C15H20N4O3S. The van der Waals surface area contributed by atoms with Gasteiger partial charge in [0.2, 0.25) is 0 Å². The van der Waals surface area contributed by atoms with Crippen molar-refractivity contribution in [2.45, 2.75) is 31.7 Å². The third-order valence-electron chi connectivity index (χ3n) is 4.11. The van der Waals surface area contributed by atoms with E-state index in [1.165, 1.54) is 7.11 Å². The number of methoxy groups -OCH3 is 1. The summed E-state index contributed by atoms with van der Waals surface area (Å²) in [4.78, 5) is 0.114. The summed E-state index contributed by atoms with van der Waals surface area (Å²) >= 11 is 0. The van der Waals surface area contributed by atoms with E-state index in [1.54, 1.807) is 12.1 Å². The number of fused-ring (bicyclic) bond motifs is 1. The first-order valence-corrected chi connectivity index (χ1v) is 8.85. The normalized spacial score (nSPS) is 14.4. The highest BCUT2D eigenvalue weighted by Crippen LogP contribution is 2.30. The number of rotatable bonds is 4. The Labute approximate surface area is 135 Å². The van der Waals surface area contributed by atoms with E-state index < -0.39 is 10.0 Å². The summed E-state index contributed by atoms with van der Waals surface area (Å²) in [6.07, 6.45) is 0.803. The zero-order valence-electron chi connectivity index (χ0n) is 13.4. The molecule has 0 unspecified atom stereocenters. The van der Waals surface area contributed by atoms with E-state index in [1.807, 2.05) is 13.8 Å². The molecule has 0 saturated carbocycles. The predicted octanol–water partition coefficient (Wildman–Crippen LogP) is 1.48. The van der Waals surface area contributed by atoms with Gasteiger partial charge >= 0.3 is 0 Å². The lowest BCUT2D eigenvalue weighted by molar-refractivity contribution is 0.402. The fourth-order valence-corrected chi connectivity index (χ4v) is 3.90. The van der Waals surface area contributed by atoms with Gasteiger partial charge in [-0.05, 0) is 37.1 Å². The lowest BCUT2D eigenvalue weighted by Gasteiger charge is -2.15. The molecular weight excluding hydrogens is 316 g/mol. The summed E-state index contributed by atoms with van der Waals surface area (Å²) < 4.78 is 33.3. The number of benzene rings is 1. The van der Waals surface area contributed by atoms with E-state index in [9.17, 15) is 8.42 Å². The second kappa shape index (κ2) is 5.86. The van der Waals surface area contributed by atoms with Crippen LogP contribution < -0.4 is 14.8 Å². The maximum Gasteiger partial charge on any atom is 0.266 e. The average Bonchev–Trinajstić information content (AvgIpc) is 2.92. The molecule has 0 atom stereocenters. The minimum atomic E-state index is -3.78. The maximum atomic E-state index is 12.8. The van der Waals surface area contributed by atoms with Gasteiger partial charge in [0, 0.05) is 30.8 Å². The predicted molar refractivity (Wildman–Crippen MR) is 87.3 cm³/mol. The third kappa shape index (κ3) is 2.91. The van der Waals surface area contributed by atoms with Crippen LogP contribution in [0.4, 0.5) is 5.82 Å². The van der Waals surface area contributed by atoms with Crippen molar-refractivity contribution in [3.05, 3.63) is 34.5 Å². The van der Waals surface area contributed by atoms with E-state index in [0.29, 0.717) is 18.1 Å². The molecule has 1 aliphatic heterocycles. The van der Waals surface area contributed by atoms with Crippen LogP contribution in [0.1, 0.15) is 22.4 Å². The van der Waals surface area contributed by atoms with E-state index in [2.05, 4.69) is 20.2 Å². The Kier molecular flexibility index (Phi) is 4.03. The van der Waals surface area contributed by atoms with Crippen molar-refractivity contribution in [3.63, 3.8) is 0 Å². The molecule has 124 valence electrons. The van der Waals surface area contributed by atoms with Crippen molar-refractivity contribution in [2.75, 3.05) is 18.4 Å². The second-order valence-electron chi connectivity index (χ2n) is 5.65. The van der Waals surface area contributed by atoms with Crippen LogP contribution in [0.25, 0.3) is 0 Å². The fraction of sp³-hybridized carbons (Fsp3) is 0.400. The van der Waals surface area contributed by atoms with Crippen LogP contribution in [0, 0.1) is 13.8 Å². The standard InChI is InChI=1S/C15H20N4O3S/c1-9-6-13(22-3)14(7-10(9)2)23(20,21)19-15-11-8-16-5-4-12(11)17-18-15/h6-7,16H,4-5,8H2,1-3H3,(H2,17,18,19). The van der Waals surface area contributed by atoms with E-state index >= 15 is 0 Å². The van der Waals surface area contributed by atoms with Gasteiger partial charge in [-0.15, -0.1) is 0 Å². The number of hydrogen-bond donors (Lipinski definition) is 3. The molecule has 1 aromatic carbocycles. The summed E-state index contributed by atoms with van der Waals surface area (Å²) in [5.74, 6) is 0.663. The Hall–Kier alpha value is -2.06. The topological polar surface area (TPSA) is 96.1 Å². The van der Waals surface area contributed by atoms with Crippen molar-refractivity contribution in [1.82, 2.24) is 15.5 Å². The molecule has 0 radical (unpaired) electrons. The zero-order chi connectivity index (χ0) is 16.6. The number of aromatic amines is 1. The highest BCUT2D eigenvalue weighted by Gasteiger charge is 2.25. The van der Waals surface area contributed by atoms with Gasteiger partial charge in [-0.25, -0.2) is 8.42 Å². The van der Waals surface area contributed by atoms with Gasteiger partial charge in [0.25, 0.3) is 10.0 Å². The number of aryl methyl sites for hydroxylation is 2. The highest BCUT2D eigenvalue weighted by atomic mass is 32.2. The molecule has 3 N–H and O–H groups in total. The number of sulfonamides is 1. The molecule has 0 saturated heterocycles. The average molecular weight is 336 g/mol. The van der Waals surface area contributed by atoms with Crippen molar-refractivity contribution in [2.24, 2.45) is 0 Å². The van der Waals surface area contributed by atoms with Gasteiger partial charge in [0.1, 0.15) is 10.6 Å². The Morgan fingerprint density at radius 2 is 2.00 bits per heavy atom. The van der Waals surface area contributed by atoms with Crippen molar-refractivity contribution in [3.8, 4) is 5.75 Å². The van der Waals surface area contributed by atoms with Gasteiger partial charge in [-0.2, -0.15) is 5.10 Å². The molecule has 2 heterocycles. The lowest BCUT2D eigenvalue weighted by Crippen LogP contribution is -2.24. The van der Waals surface area contributed by atoms with Crippen LogP contribution in [0.15, 0.2) is 17.0 Å². The quantitative estimate of drug-likeness (QED) is 0.786. The maximum absolute atomic E-state index is 12.8. The number of anilines is 1. The molecule has 7 nitrogen and oxygen atoms in total. The van der Waals surface area contributed by atoms with Crippen LogP contribution in [-0.4, -0.2) is 32.3 Å². The summed E-state index contributed by atoms with van der Waals surface area (Å²) in [6, 6.07) is 3.35. The lowest BCUT2D eigenvalue weighted by atomic mass is 10.1. The molecule has 23 heavy (non-hydrogen) atoms. The second-order valence-corrected chi connectivity index (χ2v) is 7.30. The van der Waals surface area contributed by atoms with Crippen LogP contribution in [0.5, 0.6) is 5.75 Å². The first-order chi connectivity index (χ1) is 10.9. The van der Waals surface area contributed by atoms with E-state index in [4.69, 9.17) is 4.74 Å². The molecule has 1 aliphatic rings. The molecule has 0 amide bonds. The molecule has 1 aromatic heterocycles. The number of H-pyrrole nitrogens is 1. The van der Waals surface area contributed by atoms with Gasteiger partial charge in [0.15, 0.2) is 5.82 Å². The minimum absolute atomic E-state index is 0.114. The van der Waals surface area contributed by atoms with Crippen LogP contribution in [0.2, 0.25) is 0 Å². The molecule has 2 aromatic rings. The molecule has 3 rings (SSSR count). The smallest absolute Gasteiger partial charge is 0.266 e. The number of aromatic nitrogens is 2. The Morgan fingerprint density at radius 3 is 2.74 bits per heavy atom. The first kappa shape index (κ1) is 15.8. The van der Waals surface area contributed by atoms with Crippen LogP contribution >= 0.6 is 0 Å². The van der Waals surface area contributed by atoms with Gasteiger partial charge < -0.3 is 10.1 Å². The molecule has 0 fully saturated rings. The monoisotopic (exact) mass is 336 g/mol. The summed E-state index contributed by atoms with van der Waals surface area (Å²) in [5, 5.41) is 10.2. The van der Waals surface area contributed by atoms with Crippen LogP contribution in [0.3, 0.4) is 0 Å². The fourth-order valence-electron chi connectivity index (χ4n) is 2.62. The van der Waals surface area contributed by atoms with E-state index in [0.717, 1.165) is 35.3 Å². The molecule has 0 spiro atoms. The van der Waals surface area contributed by atoms with Crippen molar-refractivity contribution < 1.29 is 13.2 Å². The highest BCUT2D eigenvalue weighted by molar-refractivity contribution is 7.92.